The van der Waals surface area contributed by atoms with Gasteiger partial charge >= 0.3 is 0 Å². The predicted octanol–water partition coefficient (Wildman–Crippen LogP) is 3.21. The standard InChI is InChI=1S/C22H28N2O2/c1-15-8-10-16-17(11-9-15)24-18-14-19(25)22(2,3)12-6-4-5-7-13-23-20(18)21(16)26/h4-11,15-17,23-24H,12-14H2,1-3H3/b6-4-,7-5-. The van der Waals surface area contributed by atoms with Crippen molar-refractivity contribution in [3.05, 3.63) is 60.0 Å². The molecule has 4 nitrogen and oxygen atoms in total. The lowest BCUT2D eigenvalue weighted by molar-refractivity contribution is -0.126. The minimum absolute atomic E-state index is 0.0605. The molecule has 4 heteroatoms. The monoisotopic (exact) mass is 352 g/mol. The van der Waals surface area contributed by atoms with Crippen LogP contribution in [0.3, 0.4) is 0 Å². The summed E-state index contributed by atoms with van der Waals surface area (Å²) in [4.78, 5) is 26.0. The van der Waals surface area contributed by atoms with Gasteiger partial charge in [-0.15, -0.1) is 0 Å². The summed E-state index contributed by atoms with van der Waals surface area (Å²) < 4.78 is 0. The summed E-state index contributed by atoms with van der Waals surface area (Å²) in [6, 6.07) is -0.0940. The zero-order valence-corrected chi connectivity index (χ0v) is 15.8. The van der Waals surface area contributed by atoms with Crippen molar-refractivity contribution in [1.29, 1.82) is 0 Å². The van der Waals surface area contributed by atoms with Crippen LogP contribution in [0.25, 0.3) is 0 Å². The number of ketones is 2. The Bertz CT molecular complexity index is 737. The Morgan fingerprint density at radius 1 is 1.04 bits per heavy atom. The van der Waals surface area contributed by atoms with E-state index in [0.717, 1.165) is 5.70 Å². The summed E-state index contributed by atoms with van der Waals surface area (Å²) >= 11 is 0. The highest BCUT2D eigenvalue weighted by molar-refractivity contribution is 6.01. The molecule has 0 aromatic rings. The molecule has 0 fully saturated rings. The van der Waals surface area contributed by atoms with Gasteiger partial charge in [0.05, 0.1) is 17.7 Å². The van der Waals surface area contributed by atoms with Crippen LogP contribution in [0.5, 0.6) is 0 Å². The molecule has 0 bridgehead atoms. The van der Waals surface area contributed by atoms with E-state index < -0.39 is 5.41 Å². The van der Waals surface area contributed by atoms with Crippen LogP contribution in [0.1, 0.15) is 33.6 Å². The number of carbonyl (C=O) groups is 2. The third-order valence-corrected chi connectivity index (χ3v) is 5.32. The first-order valence-corrected chi connectivity index (χ1v) is 9.38. The number of hydrogen-bond donors (Lipinski definition) is 2. The van der Waals surface area contributed by atoms with Gasteiger partial charge in [-0.05, 0) is 12.3 Å². The quantitative estimate of drug-likeness (QED) is 0.657. The maximum absolute atomic E-state index is 13.1. The Morgan fingerprint density at radius 3 is 2.58 bits per heavy atom. The van der Waals surface area contributed by atoms with Crippen LogP contribution in [-0.2, 0) is 9.59 Å². The first kappa shape index (κ1) is 18.4. The molecule has 26 heavy (non-hydrogen) atoms. The Labute approximate surface area is 155 Å². The van der Waals surface area contributed by atoms with E-state index in [1.807, 2.05) is 44.2 Å². The van der Waals surface area contributed by atoms with Gasteiger partial charge in [0, 0.05) is 24.1 Å². The van der Waals surface area contributed by atoms with E-state index in [2.05, 4.69) is 35.8 Å². The summed E-state index contributed by atoms with van der Waals surface area (Å²) in [5.41, 5.74) is 0.814. The lowest BCUT2D eigenvalue weighted by Gasteiger charge is -2.33. The van der Waals surface area contributed by atoms with Gasteiger partial charge in [0.1, 0.15) is 5.78 Å². The van der Waals surface area contributed by atoms with Crippen molar-refractivity contribution >= 4 is 11.6 Å². The fraction of sp³-hybridized carbons (Fsp3) is 0.455. The maximum Gasteiger partial charge on any atom is 0.189 e. The second-order valence-corrected chi connectivity index (χ2v) is 7.97. The van der Waals surface area contributed by atoms with Crippen LogP contribution in [0.4, 0.5) is 0 Å². The molecular weight excluding hydrogens is 324 g/mol. The number of hydrogen-bond acceptors (Lipinski definition) is 4. The Kier molecular flexibility index (Phi) is 5.30. The first-order valence-electron chi connectivity index (χ1n) is 9.38. The number of carbonyl (C=O) groups excluding carboxylic acids is 2. The molecule has 0 amide bonds. The number of nitrogens with one attached hydrogen (secondary N) is 2. The van der Waals surface area contributed by atoms with Gasteiger partial charge in [0.25, 0.3) is 0 Å². The van der Waals surface area contributed by atoms with Crippen molar-refractivity contribution in [2.24, 2.45) is 17.3 Å². The highest BCUT2D eigenvalue weighted by Gasteiger charge is 2.37. The van der Waals surface area contributed by atoms with Crippen LogP contribution >= 0.6 is 0 Å². The van der Waals surface area contributed by atoms with E-state index in [4.69, 9.17) is 0 Å². The van der Waals surface area contributed by atoms with E-state index in [-0.39, 0.29) is 29.9 Å². The lowest BCUT2D eigenvalue weighted by atomic mass is 9.80. The third kappa shape index (κ3) is 3.90. The molecule has 0 saturated heterocycles. The zero-order valence-electron chi connectivity index (χ0n) is 15.8. The molecule has 0 aromatic heterocycles. The zero-order chi connectivity index (χ0) is 18.7. The average Bonchev–Trinajstić information content (AvgIpc) is 2.77. The summed E-state index contributed by atoms with van der Waals surface area (Å²) in [6.45, 7) is 6.58. The van der Waals surface area contributed by atoms with Crippen molar-refractivity contribution in [3.63, 3.8) is 0 Å². The smallest absolute Gasteiger partial charge is 0.189 e. The molecule has 3 rings (SSSR count). The fourth-order valence-corrected chi connectivity index (χ4v) is 3.47. The molecule has 1 aliphatic carbocycles. The molecule has 0 spiro atoms. The molecule has 3 aliphatic rings. The number of Topliss-reactive ketones (excluding diaryl/α,β-unsaturated/α-hetero) is 2. The Morgan fingerprint density at radius 2 is 1.77 bits per heavy atom. The van der Waals surface area contributed by atoms with E-state index in [9.17, 15) is 9.59 Å². The molecule has 0 aromatic carbocycles. The molecule has 2 aliphatic heterocycles. The van der Waals surface area contributed by atoms with E-state index in [1.165, 1.54) is 0 Å². The van der Waals surface area contributed by atoms with Crippen LogP contribution in [0.15, 0.2) is 60.0 Å². The minimum Gasteiger partial charge on any atom is -0.379 e. The predicted molar refractivity (Wildman–Crippen MR) is 104 cm³/mol. The fourth-order valence-electron chi connectivity index (χ4n) is 3.47. The summed E-state index contributed by atoms with van der Waals surface area (Å²) in [6.07, 6.45) is 17.1. The van der Waals surface area contributed by atoms with Crippen LogP contribution in [0, 0.1) is 17.3 Å². The van der Waals surface area contributed by atoms with Gasteiger partial charge in [-0.2, -0.15) is 0 Å². The highest BCUT2D eigenvalue weighted by Crippen LogP contribution is 2.30. The average molecular weight is 352 g/mol. The Balaban J connectivity index is 1.97. The van der Waals surface area contributed by atoms with E-state index in [0.29, 0.717) is 24.6 Å². The maximum atomic E-state index is 13.1. The normalized spacial score (nSPS) is 33.6. The van der Waals surface area contributed by atoms with Crippen molar-refractivity contribution in [1.82, 2.24) is 10.6 Å². The van der Waals surface area contributed by atoms with Gasteiger partial charge in [-0.1, -0.05) is 69.4 Å². The van der Waals surface area contributed by atoms with Crippen LogP contribution in [0.2, 0.25) is 0 Å². The Hall–Kier alpha value is -2.36. The second kappa shape index (κ2) is 7.48. The molecule has 2 N–H and O–H groups in total. The SMILES string of the molecule is CC1C=CC2NC3=C(NC/C=C\C=C/CC(C)(C)C(=O)C3)C(=O)C2C=C1. The van der Waals surface area contributed by atoms with Gasteiger partial charge in [-0.3, -0.25) is 9.59 Å². The van der Waals surface area contributed by atoms with Gasteiger partial charge in [-0.25, -0.2) is 0 Å². The molecule has 3 atom stereocenters. The highest BCUT2D eigenvalue weighted by atomic mass is 16.1. The topological polar surface area (TPSA) is 58.2 Å². The van der Waals surface area contributed by atoms with Crippen LogP contribution in [-0.4, -0.2) is 24.2 Å². The minimum atomic E-state index is -0.461. The second-order valence-electron chi connectivity index (χ2n) is 7.97. The molecular formula is C22H28N2O2. The molecule has 2 heterocycles. The van der Waals surface area contributed by atoms with Crippen molar-refractivity contribution in [2.75, 3.05) is 6.54 Å². The van der Waals surface area contributed by atoms with Gasteiger partial charge < -0.3 is 10.6 Å². The summed E-state index contributed by atoms with van der Waals surface area (Å²) in [7, 11) is 0. The van der Waals surface area contributed by atoms with Gasteiger partial charge in [0.2, 0.25) is 0 Å². The largest absolute Gasteiger partial charge is 0.379 e. The van der Waals surface area contributed by atoms with Crippen LogP contribution < -0.4 is 10.6 Å². The first-order chi connectivity index (χ1) is 12.4. The van der Waals surface area contributed by atoms with Crippen molar-refractivity contribution < 1.29 is 9.59 Å². The summed E-state index contributed by atoms with van der Waals surface area (Å²) in [5.74, 6) is 0.271. The van der Waals surface area contributed by atoms with Crippen molar-refractivity contribution in [2.45, 2.75) is 39.7 Å². The molecule has 138 valence electrons. The lowest BCUT2D eigenvalue weighted by Crippen LogP contribution is -2.47. The molecule has 0 radical (unpaired) electrons. The van der Waals surface area contributed by atoms with Crippen molar-refractivity contribution in [3.8, 4) is 0 Å². The number of fused-ring (bicyclic) bond motifs is 1. The van der Waals surface area contributed by atoms with Gasteiger partial charge in [0.15, 0.2) is 5.78 Å². The van der Waals surface area contributed by atoms with E-state index >= 15 is 0 Å². The molecule has 0 saturated carbocycles. The summed E-state index contributed by atoms with van der Waals surface area (Å²) in [5, 5.41) is 6.70. The number of rotatable bonds is 0. The third-order valence-electron chi connectivity index (χ3n) is 5.32. The number of allylic oxidation sites excluding steroid dienone is 7. The molecule has 3 unspecified atom stereocenters. The van der Waals surface area contributed by atoms with E-state index in [1.54, 1.807) is 0 Å².